The third-order valence-electron chi connectivity index (χ3n) is 6.28. The minimum Gasteiger partial charge on any atom is -0.354 e. The molecule has 1 aliphatic carbocycles. The Balaban J connectivity index is 1.54. The van der Waals surface area contributed by atoms with Crippen molar-refractivity contribution < 1.29 is 9.59 Å². The van der Waals surface area contributed by atoms with Crippen LogP contribution >= 0.6 is 0 Å². The first kappa shape index (κ1) is 19.9. The molecule has 0 bridgehead atoms. The summed E-state index contributed by atoms with van der Waals surface area (Å²) < 4.78 is 0. The molecule has 5 heteroatoms. The van der Waals surface area contributed by atoms with E-state index in [4.69, 9.17) is 0 Å². The molecule has 3 rings (SSSR count). The van der Waals surface area contributed by atoms with Crippen LogP contribution in [0.2, 0.25) is 0 Å². The van der Waals surface area contributed by atoms with Gasteiger partial charge >= 0.3 is 0 Å². The smallest absolute Gasteiger partial charge is 0.227 e. The highest BCUT2D eigenvalue weighted by Crippen LogP contribution is 2.30. The normalized spacial score (nSPS) is 20.0. The van der Waals surface area contributed by atoms with Gasteiger partial charge in [-0.1, -0.05) is 37.8 Å². The standard InChI is InChI=1S/C22H33N3O2/c1-24(2)22(13-5-3-4-6-14-22)17-23-20(26)16-18-9-11-19(12-10-18)25-15-7-8-21(25)27/h9-12H,3-8,13-17H2,1-2H3,(H,23,26). The molecule has 5 nitrogen and oxygen atoms in total. The van der Waals surface area contributed by atoms with Gasteiger partial charge in [-0.05, 0) is 51.1 Å². The maximum atomic E-state index is 12.5. The lowest BCUT2D eigenvalue weighted by atomic mass is 9.88. The van der Waals surface area contributed by atoms with E-state index in [1.807, 2.05) is 29.2 Å². The quantitative estimate of drug-likeness (QED) is 0.782. The van der Waals surface area contributed by atoms with E-state index in [2.05, 4.69) is 24.3 Å². The molecule has 0 aromatic heterocycles. The van der Waals surface area contributed by atoms with Crippen LogP contribution in [-0.4, -0.2) is 49.4 Å². The molecule has 1 aliphatic heterocycles. The Hall–Kier alpha value is -1.88. The fraction of sp³-hybridized carbons (Fsp3) is 0.636. The van der Waals surface area contributed by atoms with Crippen LogP contribution in [0.15, 0.2) is 24.3 Å². The number of anilines is 1. The summed E-state index contributed by atoms with van der Waals surface area (Å²) in [6.07, 6.45) is 9.34. The van der Waals surface area contributed by atoms with Crippen LogP contribution in [0.3, 0.4) is 0 Å². The van der Waals surface area contributed by atoms with E-state index in [1.165, 1.54) is 25.7 Å². The Morgan fingerprint density at radius 1 is 1.07 bits per heavy atom. The highest BCUT2D eigenvalue weighted by molar-refractivity contribution is 5.95. The molecule has 27 heavy (non-hydrogen) atoms. The van der Waals surface area contributed by atoms with Gasteiger partial charge in [0.2, 0.25) is 11.8 Å². The second kappa shape index (κ2) is 8.87. The summed E-state index contributed by atoms with van der Waals surface area (Å²) in [7, 11) is 4.27. The molecule has 0 atom stereocenters. The van der Waals surface area contributed by atoms with Crippen molar-refractivity contribution in [1.29, 1.82) is 0 Å². The number of amides is 2. The lowest BCUT2D eigenvalue weighted by Crippen LogP contribution is -2.52. The van der Waals surface area contributed by atoms with E-state index in [9.17, 15) is 9.59 Å². The number of hydrogen-bond donors (Lipinski definition) is 1. The summed E-state index contributed by atoms with van der Waals surface area (Å²) in [5, 5.41) is 3.18. The number of carbonyl (C=O) groups is 2. The Morgan fingerprint density at radius 3 is 2.30 bits per heavy atom. The zero-order valence-corrected chi connectivity index (χ0v) is 16.8. The van der Waals surface area contributed by atoms with Crippen molar-refractivity contribution in [3.63, 3.8) is 0 Å². The molecule has 2 fully saturated rings. The molecule has 1 aromatic rings. The van der Waals surface area contributed by atoms with Gasteiger partial charge in [-0.25, -0.2) is 0 Å². The molecule has 0 unspecified atom stereocenters. The molecule has 2 amide bonds. The average molecular weight is 372 g/mol. The third-order valence-corrected chi connectivity index (χ3v) is 6.28. The number of likely N-dealkylation sites (N-methyl/N-ethyl adjacent to an activating group) is 1. The minimum atomic E-state index is 0.0745. The molecule has 2 aliphatic rings. The van der Waals surface area contributed by atoms with Gasteiger partial charge in [-0.15, -0.1) is 0 Å². The third kappa shape index (κ3) is 4.89. The SMILES string of the molecule is CN(C)C1(CNC(=O)Cc2ccc(N3CCCC3=O)cc2)CCCCCC1. The number of hydrogen-bond acceptors (Lipinski definition) is 3. The van der Waals surface area contributed by atoms with Crippen molar-refractivity contribution in [2.75, 3.05) is 32.1 Å². The second-order valence-electron chi connectivity index (χ2n) is 8.30. The molecule has 1 saturated heterocycles. The zero-order valence-electron chi connectivity index (χ0n) is 16.8. The van der Waals surface area contributed by atoms with Crippen molar-refractivity contribution in [3.05, 3.63) is 29.8 Å². The van der Waals surface area contributed by atoms with Crippen LogP contribution in [0.4, 0.5) is 5.69 Å². The maximum Gasteiger partial charge on any atom is 0.227 e. The summed E-state index contributed by atoms with van der Waals surface area (Å²) in [6, 6.07) is 7.85. The first-order valence-electron chi connectivity index (χ1n) is 10.3. The van der Waals surface area contributed by atoms with E-state index in [1.54, 1.807) is 0 Å². The number of benzene rings is 1. The van der Waals surface area contributed by atoms with Gasteiger partial charge in [-0.2, -0.15) is 0 Å². The van der Waals surface area contributed by atoms with E-state index >= 15 is 0 Å². The van der Waals surface area contributed by atoms with Gasteiger partial charge in [0.1, 0.15) is 0 Å². The van der Waals surface area contributed by atoms with E-state index < -0.39 is 0 Å². The molecular formula is C22H33N3O2. The Labute approximate surface area is 163 Å². The molecule has 0 radical (unpaired) electrons. The Kier molecular flexibility index (Phi) is 6.53. The van der Waals surface area contributed by atoms with Crippen molar-refractivity contribution in [2.24, 2.45) is 0 Å². The molecular weight excluding hydrogens is 338 g/mol. The average Bonchev–Trinajstić information content (AvgIpc) is 2.93. The van der Waals surface area contributed by atoms with Gasteiger partial charge in [-0.3, -0.25) is 9.59 Å². The predicted molar refractivity (Wildman–Crippen MR) is 109 cm³/mol. The van der Waals surface area contributed by atoms with Gasteiger partial charge < -0.3 is 15.1 Å². The summed E-state index contributed by atoms with van der Waals surface area (Å²) in [6.45, 7) is 1.52. The van der Waals surface area contributed by atoms with Gasteiger partial charge in [0, 0.05) is 30.7 Å². The van der Waals surface area contributed by atoms with Crippen LogP contribution in [0.1, 0.15) is 56.9 Å². The van der Waals surface area contributed by atoms with Gasteiger partial charge in [0.25, 0.3) is 0 Å². The fourth-order valence-electron chi connectivity index (χ4n) is 4.39. The van der Waals surface area contributed by atoms with E-state index in [-0.39, 0.29) is 17.4 Å². The zero-order chi connectivity index (χ0) is 19.3. The summed E-state index contributed by atoms with van der Waals surface area (Å²) >= 11 is 0. The van der Waals surface area contributed by atoms with Gasteiger partial charge in [0.05, 0.1) is 6.42 Å². The van der Waals surface area contributed by atoms with E-state index in [0.29, 0.717) is 12.8 Å². The molecule has 1 N–H and O–H groups in total. The van der Waals surface area contributed by atoms with Crippen LogP contribution in [0.5, 0.6) is 0 Å². The molecule has 1 heterocycles. The van der Waals surface area contributed by atoms with Crippen LogP contribution in [0, 0.1) is 0 Å². The van der Waals surface area contributed by atoms with Crippen LogP contribution < -0.4 is 10.2 Å². The summed E-state index contributed by atoms with van der Waals surface area (Å²) in [4.78, 5) is 28.5. The molecule has 1 aromatic carbocycles. The lowest BCUT2D eigenvalue weighted by molar-refractivity contribution is -0.121. The largest absolute Gasteiger partial charge is 0.354 e. The first-order chi connectivity index (χ1) is 13.0. The summed E-state index contributed by atoms with van der Waals surface area (Å²) in [5.41, 5.74) is 2.01. The second-order valence-corrected chi connectivity index (χ2v) is 8.30. The number of nitrogens with one attached hydrogen (secondary N) is 1. The number of rotatable bonds is 6. The van der Waals surface area contributed by atoms with Crippen molar-refractivity contribution in [3.8, 4) is 0 Å². The fourth-order valence-corrected chi connectivity index (χ4v) is 4.39. The predicted octanol–water partition coefficient (Wildman–Crippen LogP) is 3.13. The Bertz CT molecular complexity index is 646. The first-order valence-corrected chi connectivity index (χ1v) is 10.3. The van der Waals surface area contributed by atoms with Gasteiger partial charge in [0.15, 0.2) is 0 Å². The molecule has 0 spiro atoms. The van der Waals surface area contributed by atoms with Crippen molar-refractivity contribution in [2.45, 2.75) is 63.3 Å². The minimum absolute atomic E-state index is 0.0745. The molecule has 1 saturated carbocycles. The van der Waals surface area contributed by atoms with Crippen LogP contribution in [-0.2, 0) is 16.0 Å². The number of nitrogens with zero attached hydrogens (tertiary/aromatic N) is 2. The van der Waals surface area contributed by atoms with Crippen LogP contribution in [0.25, 0.3) is 0 Å². The van der Waals surface area contributed by atoms with Crippen molar-refractivity contribution >= 4 is 17.5 Å². The Morgan fingerprint density at radius 2 is 1.74 bits per heavy atom. The van der Waals surface area contributed by atoms with Crippen molar-refractivity contribution in [1.82, 2.24) is 10.2 Å². The summed E-state index contributed by atoms with van der Waals surface area (Å²) in [5.74, 6) is 0.267. The maximum absolute atomic E-state index is 12.5. The number of carbonyl (C=O) groups excluding carboxylic acids is 2. The highest BCUT2D eigenvalue weighted by Gasteiger charge is 2.33. The lowest BCUT2D eigenvalue weighted by Gasteiger charge is -2.39. The monoisotopic (exact) mass is 371 g/mol. The highest BCUT2D eigenvalue weighted by atomic mass is 16.2. The molecule has 148 valence electrons. The van der Waals surface area contributed by atoms with E-state index in [0.717, 1.165) is 43.6 Å². The topological polar surface area (TPSA) is 52.7 Å².